The largest absolute Gasteiger partial charge is 0.369 e. The first-order valence-electron chi connectivity index (χ1n) is 6.48. The number of amides is 1. The molecule has 0 saturated carbocycles. The van der Waals surface area contributed by atoms with Crippen molar-refractivity contribution in [3.05, 3.63) is 28.5 Å². The van der Waals surface area contributed by atoms with E-state index in [0.717, 1.165) is 29.8 Å². The van der Waals surface area contributed by atoms with Crippen molar-refractivity contribution >= 4 is 21.8 Å². The highest BCUT2D eigenvalue weighted by Gasteiger charge is 2.44. The van der Waals surface area contributed by atoms with Gasteiger partial charge < -0.3 is 5.73 Å². The lowest BCUT2D eigenvalue weighted by Crippen LogP contribution is -2.69. The van der Waals surface area contributed by atoms with Gasteiger partial charge in [-0.2, -0.15) is 0 Å². The normalized spacial score (nSPS) is 27.0. The zero-order valence-corrected chi connectivity index (χ0v) is 12.2. The minimum Gasteiger partial charge on any atom is -0.369 e. The molecule has 2 bridgehead atoms. The van der Waals surface area contributed by atoms with Gasteiger partial charge in [0.25, 0.3) is 0 Å². The van der Waals surface area contributed by atoms with Gasteiger partial charge in [-0.3, -0.25) is 19.6 Å². The average molecular weight is 325 g/mol. The van der Waals surface area contributed by atoms with E-state index in [1.54, 1.807) is 0 Å². The molecule has 1 amide bonds. The first kappa shape index (κ1) is 13.0. The van der Waals surface area contributed by atoms with Crippen LogP contribution in [0.5, 0.6) is 0 Å². The van der Waals surface area contributed by atoms with Crippen molar-refractivity contribution in [1.82, 2.24) is 14.8 Å². The number of carbonyl (C=O) groups excluding carboxylic acids is 1. The highest BCUT2D eigenvalue weighted by molar-refractivity contribution is 9.10. The van der Waals surface area contributed by atoms with Crippen LogP contribution < -0.4 is 5.73 Å². The first-order valence-corrected chi connectivity index (χ1v) is 7.28. The fourth-order valence-electron chi connectivity index (χ4n) is 3.07. The lowest BCUT2D eigenvalue weighted by molar-refractivity contribution is -0.128. The van der Waals surface area contributed by atoms with Crippen molar-refractivity contribution in [2.45, 2.75) is 25.0 Å². The quantitative estimate of drug-likeness (QED) is 0.880. The van der Waals surface area contributed by atoms with Crippen LogP contribution in [0.2, 0.25) is 0 Å². The average Bonchev–Trinajstić information content (AvgIpc) is 2.39. The Kier molecular flexibility index (Phi) is 3.56. The minimum atomic E-state index is -0.224. The van der Waals surface area contributed by atoms with E-state index in [9.17, 15) is 4.79 Å². The van der Waals surface area contributed by atoms with E-state index in [-0.39, 0.29) is 5.91 Å². The summed E-state index contributed by atoms with van der Waals surface area (Å²) in [6.07, 6.45) is 3.02. The number of piperazine rings is 1. The molecule has 102 valence electrons. The Labute approximate surface area is 120 Å². The number of nitrogens with zero attached hydrogens (tertiary/aromatic N) is 3. The maximum atomic E-state index is 11.0. The smallest absolute Gasteiger partial charge is 0.231 e. The van der Waals surface area contributed by atoms with Crippen LogP contribution in [0.4, 0.5) is 0 Å². The maximum absolute atomic E-state index is 11.0. The molecule has 3 fully saturated rings. The molecule has 4 rings (SSSR count). The van der Waals surface area contributed by atoms with E-state index >= 15 is 0 Å². The molecular weight excluding hydrogens is 308 g/mol. The first-order chi connectivity index (χ1) is 9.11. The summed E-state index contributed by atoms with van der Waals surface area (Å²) >= 11 is 3.39. The van der Waals surface area contributed by atoms with Crippen LogP contribution in [0.3, 0.4) is 0 Å². The van der Waals surface area contributed by atoms with Crippen molar-refractivity contribution in [2.75, 3.05) is 19.6 Å². The summed E-state index contributed by atoms with van der Waals surface area (Å²) in [6.45, 7) is 3.29. The van der Waals surface area contributed by atoms with Crippen LogP contribution in [0.15, 0.2) is 22.8 Å². The standard InChI is InChI=1S/C13H17BrN4O/c14-9-1-2-10(16-4-9)5-17-6-11-3-12(7-17)18(11)8-13(15)19/h1-2,4,11-12H,3,5-8H2,(H2,15,19). The molecular formula is C13H17BrN4O. The molecule has 19 heavy (non-hydrogen) atoms. The van der Waals surface area contributed by atoms with E-state index in [2.05, 4.69) is 30.7 Å². The second kappa shape index (κ2) is 5.19. The molecule has 0 aromatic carbocycles. The number of pyridine rings is 1. The zero-order chi connectivity index (χ0) is 13.4. The number of hydrogen-bond acceptors (Lipinski definition) is 4. The summed E-state index contributed by atoms with van der Waals surface area (Å²) in [6, 6.07) is 5.04. The number of primary amides is 1. The zero-order valence-electron chi connectivity index (χ0n) is 10.6. The molecule has 3 aliphatic heterocycles. The van der Waals surface area contributed by atoms with Gasteiger partial charge in [0.1, 0.15) is 0 Å². The van der Waals surface area contributed by atoms with E-state index < -0.39 is 0 Å². The molecule has 1 aromatic heterocycles. The van der Waals surface area contributed by atoms with E-state index in [0.29, 0.717) is 18.6 Å². The second-order valence-corrected chi connectivity index (χ2v) is 6.26. The number of aromatic nitrogens is 1. The molecule has 3 aliphatic rings. The van der Waals surface area contributed by atoms with Crippen LogP contribution in [0.25, 0.3) is 0 Å². The van der Waals surface area contributed by atoms with Gasteiger partial charge in [-0.1, -0.05) is 0 Å². The number of halogens is 1. The Morgan fingerprint density at radius 1 is 1.42 bits per heavy atom. The molecule has 2 atom stereocenters. The Morgan fingerprint density at radius 2 is 2.16 bits per heavy atom. The van der Waals surface area contributed by atoms with Gasteiger partial charge in [-0.05, 0) is 34.5 Å². The van der Waals surface area contributed by atoms with Crippen molar-refractivity contribution in [3.8, 4) is 0 Å². The summed E-state index contributed by atoms with van der Waals surface area (Å²) < 4.78 is 1.00. The molecule has 3 saturated heterocycles. The molecule has 2 N–H and O–H groups in total. The Bertz CT molecular complexity index is 466. The van der Waals surface area contributed by atoms with E-state index in [4.69, 9.17) is 5.73 Å². The predicted octanol–water partition coefficient (Wildman–Crippen LogP) is 0.588. The van der Waals surface area contributed by atoms with Crippen molar-refractivity contribution in [1.29, 1.82) is 0 Å². The Balaban J connectivity index is 1.56. The third-order valence-electron chi connectivity index (χ3n) is 3.93. The molecule has 4 heterocycles. The fourth-order valence-corrected chi connectivity index (χ4v) is 3.31. The van der Waals surface area contributed by atoms with Crippen molar-refractivity contribution in [3.63, 3.8) is 0 Å². The topological polar surface area (TPSA) is 62.5 Å². The molecule has 0 radical (unpaired) electrons. The van der Waals surface area contributed by atoms with Crippen LogP contribution in [0.1, 0.15) is 12.1 Å². The van der Waals surface area contributed by atoms with Gasteiger partial charge in [-0.25, -0.2) is 0 Å². The van der Waals surface area contributed by atoms with Gasteiger partial charge in [0, 0.05) is 42.4 Å². The van der Waals surface area contributed by atoms with E-state index in [1.165, 1.54) is 6.42 Å². The van der Waals surface area contributed by atoms with Gasteiger partial charge in [0.15, 0.2) is 0 Å². The molecule has 1 aromatic rings. The predicted molar refractivity (Wildman–Crippen MR) is 75.3 cm³/mol. The SMILES string of the molecule is NC(=O)CN1C2CC1CN(Cc1ccc(Br)cn1)C2. The molecule has 0 spiro atoms. The maximum Gasteiger partial charge on any atom is 0.231 e. The molecule has 2 unspecified atom stereocenters. The van der Waals surface area contributed by atoms with E-state index in [1.807, 2.05) is 18.3 Å². The highest BCUT2D eigenvalue weighted by Crippen LogP contribution is 2.32. The van der Waals surface area contributed by atoms with Crippen LogP contribution in [-0.4, -0.2) is 52.4 Å². The second-order valence-electron chi connectivity index (χ2n) is 5.34. The fraction of sp³-hybridized carbons (Fsp3) is 0.538. The third kappa shape index (κ3) is 2.80. The summed E-state index contributed by atoms with van der Waals surface area (Å²) in [7, 11) is 0. The van der Waals surface area contributed by atoms with Crippen molar-refractivity contribution in [2.24, 2.45) is 5.73 Å². The monoisotopic (exact) mass is 324 g/mol. The molecule has 6 heteroatoms. The minimum absolute atomic E-state index is 0.224. The summed E-state index contributed by atoms with van der Waals surface area (Å²) in [5.74, 6) is -0.224. The number of carbonyl (C=O) groups is 1. The van der Waals surface area contributed by atoms with Crippen LogP contribution >= 0.6 is 15.9 Å². The highest BCUT2D eigenvalue weighted by atomic mass is 79.9. The van der Waals surface area contributed by atoms with Gasteiger partial charge in [-0.15, -0.1) is 0 Å². The lowest BCUT2D eigenvalue weighted by Gasteiger charge is -2.56. The number of rotatable bonds is 4. The number of piperidine rings is 1. The molecule has 0 aliphatic carbocycles. The van der Waals surface area contributed by atoms with Gasteiger partial charge >= 0.3 is 0 Å². The summed E-state index contributed by atoms with van der Waals surface area (Å²) in [5.41, 5.74) is 6.36. The Hall–Kier alpha value is -0.980. The number of hydrogen-bond donors (Lipinski definition) is 1. The Morgan fingerprint density at radius 3 is 2.74 bits per heavy atom. The van der Waals surface area contributed by atoms with Gasteiger partial charge in [0.2, 0.25) is 5.91 Å². The molecule has 5 nitrogen and oxygen atoms in total. The third-order valence-corrected chi connectivity index (χ3v) is 4.40. The number of fused-ring (bicyclic) bond motifs is 2. The summed E-state index contributed by atoms with van der Waals surface area (Å²) in [5, 5.41) is 0. The van der Waals surface area contributed by atoms with Crippen molar-refractivity contribution < 1.29 is 4.79 Å². The number of nitrogens with two attached hydrogens (primary N) is 1. The van der Waals surface area contributed by atoms with Crippen LogP contribution in [0, 0.1) is 0 Å². The lowest BCUT2D eigenvalue weighted by atomic mass is 9.87. The summed E-state index contributed by atoms with van der Waals surface area (Å²) in [4.78, 5) is 20.0. The van der Waals surface area contributed by atoms with Gasteiger partial charge in [0.05, 0.1) is 12.2 Å². The van der Waals surface area contributed by atoms with Crippen LogP contribution in [-0.2, 0) is 11.3 Å².